The van der Waals surface area contributed by atoms with Gasteiger partial charge >= 0.3 is 19.4 Å². The van der Waals surface area contributed by atoms with Gasteiger partial charge in [-0.3, -0.25) is 9.59 Å². The van der Waals surface area contributed by atoms with Crippen LogP contribution in [0.4, 0.5) is 18.0 Å². The number of rotatable bonds is 9. The summed E-state index contributed by atoms with van der Waals surface area (Å²) in [4.78, 5) is 36.4. The molecule has 0 spiro atoms. The minimum absolute atomic E-state index is 0.00820. The van der Waals surface area contributed by atoms with Crippen LogP contribution in [0, 0.1) is 0 Å². The molecule has 7 nitrogen and oxygen atoms in total. The molecule has 45 heavy (non-hydrogen) atoms. The zero-order valence-electron chi connectivity index (χ0n) is 25.4. The highest BCUT2D eigenvalue weighted by molar-refractivity contribution is 6.56. The van der Waals surface area contributed by atoms with Crippen LogP contribution >= 0.6 is 0 Å². The number of fused-ring (bicyclic) bond motifs is 3. The van der Waals surface area contributed by atoms with Crippen LogP contribution in [0.1, 0.15) is 67.1 Å². The molecule has 2 aliphatic rings. The zero-order valence-corrected chi connectivity index (χ0v) is 25.4. The molecule has 0 atom stereocenters. The van der Waals surface area contributed by atoms with Gasteiger partial charge in [-0.25, -0.2) is 4.79 Å². The van der Waals surface area contributed by atoms with E-state index in [9.17, 15) is 27.6 Å². The Morgan fingerprint density at radius 3 is 1.93 bits per heavy atom. The Bertz CT molecular complexity index is 1590. The molecule has 5 rings (SSSR count). The van der Waals surface area contributed by atoms with Crippen molar-refractivity contribution in [3.63, 3.8) is 0 Å². The van der Waals surface area contributed by atoms with Gasteiger partial charge in [0.2, 0.25) is 5.78 Å². The molecular formula is C34H33BF3NO6. The minimum Gasteiger partial charge on any atom is -0.449 e. The maximum atomic E-state index is 12.9. The summed E-state index contributed by atoms with van der Waals surface area (Å²) in [5, 5.41) is 2.78. The van der Waals surface area contributed by atoms with E-state index >= 15 is 0 Å². The fourth-order valence-corrected chi connectivity index (χ4v) is 5.35. The van der Waals surface area contributed by atoms with E-state index in [1.165, 1.54) is 24.3 Å². The van der Waals surface area contributed by atoms with Crippen molar-refractivity contribution in [1.82, 2.24) is 5.32 Å². The molecular weight excluding hydrogens is 586 g/mol. The van der Waals surface area contributed by atoms with E-state index in [1.54, 1.807) is 6.08 Å². The van der Waals surface area contributed by atoms with Crippen LogP contribution in [0.2, 0.25) is 0 Å². The van der Waals surface area contributed by atoms with E-state index in [0.29, 0.717) is 11.0 Å². The molecule has 234 valence electrons. The molecule has 0 unspecified atom stereocenters. The van der Waals surface area contributed by atoms with E-state index in [2.05, 4.69) is 17.4 Å². The van der Waals surface area contributed by atoms with Crippen molar-refractivity contribution in [2.45, 2.75) is 57.4 Å². The highest BCUT2D eigenvalue weighted by Crippen LogP contribution is 2.44. The minimum atomic E-state index is -5.07. The number of carbonyl (C=O) groups is 3. The molecule has 0 bridgehead atoms. The predicted octanol–water partition coefficient (Wildman–Crippen LogP) is 6.94. The van der Waals surface area contributed by atoms with Gasteiger partial charge in [0.25, 0.3) is 0 Å². The number of alkyl carbamates (subject to hydrolysis) is 1. The Morgan fingerprint density at radius 1 is 0.867 bits per heavy atom. The Balaban J connectivity index is 1.29. The van der Waals surface area contributed by atoms with Gasteiger partial charge in [0.1, 0.15) is 6.61 Å². The number of amides is 1. The zero-order chi connectivity index (χ0) is 32.6. The highest BCUT2D eigenvalue weighted by atomic mass is 19.4. The van der Waals surface area contributed by atoms with Gasteiger partial charge in [0.15, 0.2) is 5.78 Å². The van der Waals surface area contributed by atoms with Crippen molar-refractivity contribution < 1.29 is 41.6 Å². The van der Waals surface area contributed by atoms with Gasteiger partial charge in [0, 0.05) is 18.0 Å². The number of carbonyl (C=O) groups excluding carboxylic acids is 3. The number of ether oxygens (including phenoxy) is 1. The summed E-state index contributed by atoms with van der Waals surface area (Å²) in [7, 11) is -0.824. The van der Waals surface area contributed by atoms with E-state index in [1.807, 2.05) is 64.1 Å². The van der Waals surface area contributed by atoms with Gasteiger partial charge in [-0.2, -0.15) is 13.2 Å². The van der Waals surface area contributed by atoms with Crippen molar-refractivity contribution >= 4 is 30.9 Å². The second-order valence-electron chi connectivity index (χ2n) is 12.1. The summed E-state index contributed by atoms with van der Waals surface area (Å²) >= 11 is 0. The second-order valence-corrected chi connectivity index (χ2v) is 12.1. The molecule has 1 amide bonds. The van der Waals surface area contributed by atoms with Gasteiger partial charge < -0.3 is 19.4 Å². The van der Waals surface area contributed by atoms with Crippen molar-refractivity contribution in [3.05, 3.63) is 101 Å². The highest BCUT2D eigenvalue weighted by Gasteiger charge is 2.52. The van der Waals surface area contributed by atoms with E-state index < -0.39 is 48.6 Å². The SMILES string of the molecule is CC1(C)OB(C(=Cc2ccc(C(=O)CC(=O)C(F)(F)F)cc2)CNC(=O)OCC2c3ccccc3-c3ccccc32)OC1(C)C. The fraction of sp³-hybridized carbons (Fsp3) is 0.324. The third kappa shape index (κ3) is 6.89. The Labute approximate surface area is 259 Å². The Hall–Kier alpha value is -4.22. The quantitative estimate of drug-likeness (QED) is 0.159. The summed E-state index contributed by atoms with van der Waals surface area (Å²) in [6.45, 7) is 7.73. The predicted molar refractivity (Wildman–Crippen MR) is 164 cm³/mol. The van der Waals surface area contributed by atoms with E-state index in [4.69, 9.17) is 14.0 Å². The number of Topliss-reactive ketones (excluding diaryl/α,β-unsaturated/α-hetero) is 2. The van der Waals surface area contributed by atoms with Crippen molar-refractivity contribution in [1.29, 1.82) is 0 Å². The molecule has 0 aromatic heterocycles. The lowest BCUT2D eigenvalue weighted by Crippen LogP contribution is -2.41. The molecule has 0 radical (unpaired) electrons. The maximum Gasteiger partial charge on any atom is 0.492 e. The van der Waals surface area contributed by atoms with Crippen LogP contribution in [0.25, 0.3) is 17.2 Å². The van der Waals surface area contributed by atoms with Gasteiger partial charge in [0.05, 0.1) is 17.6 Å². The normalized spacial score (nSPS) is 17.0. The molecule has 1 aliphatic carbocycles. The number of halogens is 3. The molecule has 1 saturated heterocycles. The summed E-state index contributed by atoms with van der Waals surface area (Å²) < 4.78 is 55.9. The first-order valence-electron chi connectivity index (χ1n) is 14.5. The summed E-state index contributed by atoms with van der Waals surface area (Å²) in [6, 6.07) is 21.8. The van der Waals surface area contributed by atoms with Crippen LogP contribution in [-0.2, 0) is 18.8 Å². The van der Waals surface area contributed by atoms with Crippen LogP contribution in [-0.4, -0.2) is 55.3 Å². The lowest BCUT2D eigenvalue weighted by atomic mass is 9.77. The topological polar surface area (TPSA) is 90.9 Å². The lowest BCUT2D eigenvalue weighted by molar-refractivity contribution is -0.170. The molecule has 0 saturated carbocycles. The molecule has 1 aliphatic heterocycles. The number of hydrogen-bond donors (Lipinski definition) is 1. The largest absolute Gasteiger partial charge is 0.492 e. The summed E-state index contributed by atoms with van der Waals surface area (Å²) in [5.74, 6) is -3.14. The average molecular weight is 619 g/mol. The molecule has 1 heterocycles. The molecule has 1 fully saturated rings. The number of hydrogen-bond acceptors (Lipinski definition) is 6. The monoisotopic (exact) mass is 619 g/mol. The maximum absolute atomic E-state index is 12.9. The molecule has 1 N–H and O–H groups in total. The second kappa shape index (κ2) is 12.3. The summed E-state index contributed by atoms with van der Waals surface area (Å²) in [6.07, 6.45) is -5.26. The van der Waals surface area contributed by atoms with Crippen LogP contribution in [0.15, 0.2) is 78.3 Å². The average Bonchev–Trinajstić information content (AvgIpc) is 3.42. The Kier molecular flexibility index (Phi) is 8.79. The molecule has 11 heteroatoms. The van der Waals surface area contributed by atoms with Crippen LogP contribution in [0.3, 0.4) is 0 Å². The van der Waals surface area contributed by atoms with Crippen molar-refractivity contribution in [2.75, 3.05) is 13.2 Å². The first-order chi connectivity index (χ1) is 21.2. The molecule has 3 aromatic carbocycles. The van der Waals surface area contributed by atoms with E-state index in [-0.39, 0.29) is 24.6 Å². The van der Waals surface area contributed by atoms with Crippen molar-refractivity contribution in [2.24, 2.45) is 0 Å². The van der Waals surface area contributed by atoms with Crippen molar-refractivity contribution in [3.8, 4) is 11.1 Å². The lowest BCUT2D eigenvalue weighted by Gasteiger charge is -2.32. The smallest absolute Gasteiger partial charge is 0.449 e. The Morgan fingerprint density at radius 2 is 1.40 bits per heavy atom. The number of ketones is 2. The number of benzene rings is 3. The molecule has 3 aromatic rings. The number of nitrogens with one attached hydrogen (secondary N) is 1. The van der Waals surface area contributed by atoms with Crippen LogP contribution < -0.4 is 5.32 Å². The van der Waals surface area contributed by atoms with Gasteiger partial charge in [-0.1, -0.05) is 78.9 Å². The van der Waals surface area contributed by atoms with Gasteiger partial charge in [-0.15, -0.1) is 0 Å². The van der Waals surface area contributed by atoms with Crippen LogP contribution in [0.5, 0.6) is 0 Å². The van der Waals surface area contributed by atoms with E-state index in [0.717, 1.165) is 22.3 Å². The third-order valence-corrected chi connectivity index (χ3v) is 8.56. The first-order valence-corrected chi connectivity index (χ1v) is 14.5. The fourth-order valence-electron chi connectivity index (χ4n) is 5.35. The summed E-state index contributed by atoms with van der Waals surface area (Å²) in [5.41, 5.74) is 4.19. The first kappa shape index (κ1) is 32.2. The number of alkyl halides is 3. The van der Waals surface area contributed by atoms with Gasteiger partial charge in [-0.05, 0) is 61.0 Å². The third-order valence-electron chi connectivity index (χ3n) is 8.56. The standard InChI is InChI=1S/C34H33BF3NO6/c1-32(2)33(3,4)45-35(44-32)23(17-21-13-15-22(16-14-21)29(40)18-30(41)34(36,37)38)19-39-31(42)43-20-28-26-11-7-5-9-24(26)25-10-6-8-12-27(25)28/h5-17,28H,18-20H2,1-4H3,(H,39,42).